The van der Waals surface area contributed by atoms with Crippen LogP contribution in [0.2, 0.25) is 0 Å². The van der Waals surface area contributed by atoms with Gasteiger partial charge in [-0.15, -0.1) is 0 Å². The Morgan fingerprint density at radius 2 is 2.35 bits per heavy atom. The first-order valence-corrected chi connectivity index (χ1v) is 6.82. The van der Waals surface area contributed by atoms with Crippen molar-refractivity contribution in [1.82, 2.24) is 5.32 Å². The second-order valence-electron chi connectivity index (χ2n) is 5.09. The minimum atomic E-state index is -0.653. The lowest BCUT2D eigenvalue weighted by Gasteiger charge is -2.28. The van der Waals surface area contributed by atoms with Crippen molar-refractivity contribution in [2.45, 2.75) is 38.5 Å². The van der Waals surface area contributed by atoms with Gasteiger partial charge in [0, 0.05) is 19.2 Å². The molecule has 2 atom stereocenters. The molecule has 2 unspecified atom stereocenters. The van der Waals surface area contributed by atoms with Crippen LogP contribution in [0.4, 0.5) is 4.39 Å². The van der Waals surface area contributed by atoms with Crippen LogP contribution >= 0.6 is 0 Å². The summed E-state index contributed by atoms with van der Waals surface area (Å²) in [5.41, 5.74) is 0.783. The number of esters is 1. The molecule has 0 radical (unpaired) electrons. The van der Waals surface area contributed by atoms with Crippen LogP contribution < -0.4 is 5.32 Å². The van der Waals surface area contributed by atoms with Crippen LogP contribution in [-0.4, -0.2) is 31.8 Å². The first-order valence-electron chi connectivity index (χ1n) is 6.82. The van der Waals surface area contributed by atoms with Gasteiger partial charge in [-0.05, 0) is 37.5 Å². The molecular formula is C15H20FNO3. The van der Waals surface area contributed by atoms with Crippen molar-refractivity contribution >= 4 is 5.97 Å². The molecule has 1 N–H and O–H groups in total. The predicted octanol–water partition coefficient (Wildman–Crippen LogP) is 2.27. The molecule has 110 valence electrons. The number of carbonyl (C=O) groups excluding carboxylic acids is 1. The van der Waals surface area contributed by atoms with Gasteiger partial charge in [0.2, 0.25) is 0 Å². The van der Waals surface area contributed by atoms with E-state index in [4.69, 9.17) is 4.74 Å². The van der Waals surface area contributed by atoms with Gasteiger partial charge in [-0.2, -0.15) is 0 Å². The van der Waals surface area contributed by atoms with Crippen LogP contribution in [0.25, 0.3) is 0 Å². The molecular weight excluding hydrogens is 261 g/mol. The van der Waals surface area contributed by atoms with Gasteiger partial charge in [-0.3, -0.25) is 0 Å². The van der Waals surface area contributed by atoms with E-state index in [0.29, 0.717) is 12.6 Å². The van der Waals surface area contributed by atoms with E-state index >= 15 is 0 Å². The van der Waals surface area contributed by atoms with E-state index in [0.717, 1.165) is 25.0 Å². The fraction of sp³-hybridized carbons (Fsp3) is 0.533. The van der Waals surface area contributed by atoms with E-state index in [1.165, 1.54) is 19.2 Å². The van der Waals surface area contributed by atoms with Crippen molar-refractivity contribution in [2.24, 2.45) is 0 Å². The standard InChI is InChI=1S/C15H20FNO3/c1-10-7-12(5-6-20-10)17-9-11-3-4-13(14(16)8-11)15(18)19-2/h3-4,8,10,12,17H,5-7,9H2,1-2H3. The summed E-state index contributed by atoms with van der Waals surface area (Å²) < 4.78 is 23.8. The summed E-state index contributed by atoms with van der Waals surface area (Å²) in [5, 5.41) is 3.40. The fourth-order valence-electron chi connectivity index (χ4n) is 2.39. The Hall–Kier alpha value is -1.46. The molecule has 2 rings (SSSR count). The number of rotatable bonds is 4. The lowest BCUT2D eigenvalue weighted by molar-refractivity contribution is 0.0130. The van der Waals surface area contributed by atoms with E-state index in [2.05, 4.69) is 17.0 Å². The van der Waals surface area contributed by atoms with E-state index in [-0.39, 0.29) is 11.7 Å². The second kappa shape index (κ2) is 6.81. The van der Waals surface area contributed by atoms with E-state index in [1.807, 2.05) is 0 Å². The molecule has 1 saturated heterocycles. The van der Waals surface area contributed by atoms with Gasteiger partial charge in [0.05, 0.1) is 18.8 Å². The first kappa shape index (κ1) is 14.9. The summed E-state index contributed by atoms with van der Waals surface area (Å²) in [6.45, 7) is 3.39. The Balaban J connectivity index is 1.93. The third-order valence-corrected chi connectivity index (χ3v) is 3.52. The molecule has 0 bridgehead atoms. The Kier molecular flexibility index (Phi) is 5.09. The van der Waals surface area contributed by atoms with Gasteiger partial charge < -0.3 is 14.8 Å². The van der Waals surface area contributed by atoms with Gasteiger partial charge in [-0.1, -0.05) is 6.07 Å². The van der Waals surface area contributed by atoms with Gasteiger partial charge in [-0.25, -0.2) is 9.18 Å². The normalized spacial score (nSPS) is 22.6. The predicted molar refractivity (Wildman–Crippen MR) is 73.0 cm³/mol. The number of methoxy groups -OCH3 is 1. The zero-order valence-electron chi connectivity index (χ0n) is 11.8. The number of halogens is 1. The monoisotopic (exact) mass is 281 g/mol. The van der Waals surface area contributed by atoms with Crippen molar-refractivity contribution in [2.75, 3.05) is 13.7 Å². The van der Waals surface area contributed by atoms with Crippen molar-refractivity contribution < 1.29 is 18.7 Å². The van der Waals surface area contributed by atoms with Crippen LogP contribution in [0.15, 0.2) is 18.2 Å². The lowest BCUT2D eigenvalue weighted by atomic mass is 10.0. The SMILES string of the molecule is COC(=O)c1ccc(CNC2CCOC(C)C2)cc1F. The summed E-state index contributed by atoms with van der Waals surface area (Å²) >= 11 is 0. The number of carbonyl (C=O) groups is 1. The number of ether oxygens (including phenoxy) is 2. The molecule has 1 aliphatic heterocycles. The Morgan fingerprint density at radius 3 is 3.00 bits per heavy atom. The van der Waals surface area contributed by atoms with E-state index in [9.17, 15) is 9.18 Å². The van der Waals surface area contributed by atoms with Crippen molar-refractivity contribution in [3.63, 3.8) is 0 Å². The Labute approximate surface area is 118 Å². The second-order valence-corrected chi connectivity index (χ2v) is 5.09. The van der Waals surface area contributed by atoms with Crippen LogP contribution in [0.3, 0.4) is 0 Å². The van der Waals surface area contributed by atoms with Crippen LogP contribution in [-0.2, 0) is 16.0 Å². The van der Waals surface area contributed by atoms with E-state index < -0.39 is 11.8 Å². The van der Waals surface area contributed by atoms with Crippen LogP contribution in [0, 0.1) is 5.82 Å². The molecule has 0 aromatic heterocycles. The number of hydrogen-bond donors (Lipinski definition) is 1. The molecule has 0 aliphatic carbocycles. The average molecular weight is 281 g/mol. The van der Waals surface area contributed by atoms with Crippen LogP contribution in [0.5, 0.6) is 0 Å². The minimum absolute atomic E-state index is 0.0315. The topological polar surface area (TPSA) is 47.6 Å². The number of nitrogens with one attached hydrogen (secondary N) is 1. The maximum absolute atomic E-state index is 13.8. The highest BCUT2D eigenvalue weighted by molar-refractivity contribution is 5.89. The summed E-state index contributed by atoms with van der Waals surface area (Å²) in [6, 6.07) is 4.97. The summed E-state index contributed by atoms with van der Waals surface area (Å²) in [4.78, 5) is 11.3. The maximum atomic E-state index is 13.8. The summed E-state index contributed by atoms with van der Waals surface area (Å²) in [6.07, 6.45) is 2.19. The first-order chi connectivity index (χ1) is 9.60. The highest BCUT2D eigenvalue weighted by Gasteiger charge is 2.19. The third kappa shape index (κ3) is 3.77. The van der Waals surface area contributed by atoms with Crippen molar-refractivity contribution in [1.29, 1.82) is 0 Å². The summed E-state index contributed by atoms with van der Waals surface area (Å²) in [5.74, 6) is -1.20. The fourth-order valence-corrected chi connectivity index (χ4v) is 2.39. The quantitative estimate of drug-likeness (QED) is 0.860. The van der Waals surface area contributed by atoms with Gasteiger partial charge in [0.1, 0.15) is 5.82 Å². The van der Waals surface area contributed by atoms with Crippen molar-refractivity contribution in [3.8, 4) is 0 Å². The molecule has 1 heterocycles. The molecule has 20 heavy (non-hydrogen) atoms. The zero-order valence-corrected chi connectivity index (χ0v) is 11.8. The maximum Gasteiger partial charge on any atom is 0.340 e. The molecule has 1 fully saturated rings. The zero-order chi connectivity index (χ0) is 14.5. The molecule has 1 aromatic carbocycles. The lowest BCUT2D eigenvalue weighted by Crippen LogP contribution is -2.37. The number of hydrogen-bond acceptors (Lipinski definition) is 4. The largest absolute Gasteiger partial charge is 0.465 e. The van der Waals surface area contributed by atoms with Crippen LogP contribution in [0.1, 0.15) is 35.7 Å². The molecule has 1 aliphatic rings. The molecule has 5 heteroatoms. The van der Waals surface area contributed by atoms with E-state index in [1.54, 1.807) is 6.07 Å². The molecule has 4 nitrogen and oxygen atoms in total. The average Bonchev–Trinajstić information content (AvgIpc) is 2.44. The smallest absolute Gasteiger partial charge is 0.340 e. The third-order valence-electron chi connectivity index (χ3n) is 3.52. The Morgan fingerprint density at radius 1 is 1.55 bits per heavy atom. The molecule has 1 aromatic rings. The minimum Gasteiger partial charge on any atom is -0.465 e. The molecule has 0 amide bonds. The Bertz CT molecular complexity index is 478. The van der Waals surface area contributed by atoms with Gasteiger partial charge in [0.25, 0.3) is 0 Å². The molecule has 0 saturated carbocycles. The van der Waals surface area contributed by atoms with Gasteiger partial charge in [0.15, 0.2) is 0 Å². The molecule has 0 spiro atoms. The number of benzene rings is 1. The summed E-state index contributed by atoms with van der Waals surface area (Å²) in [7, 11) is 1.24. The highest BCUT2D eigenvalue weighted by atomic mass is 19.1. The van der Waals surface area contributed by atoms with Gasteiger partial charge >= 0.3 is 5.97 Å². The highest BCUT2D eigenvalue weighted by Crippen LogP contribution is 2.15. The van der Waals surface area contributed by atoms with Crippen molar-refractivity contribution in [3.05, 3.63) is 35.1 Å².